The maximum Gasteiger partial charge on any atom is 0.0505 e. The molecule has 2 rings (SSSR count). The molecule has 0 unspecified atom stereocenters. The smallest absolute Gasteiger partial charge is 0.0505 e. The van der Waals surface area contributed by atoms with E-state index in [1.807, 2.05) is 11.8 Å². The van der Waals surface area contributed by atoms with Crippen LogP contribution in [0.1, 0.15) is 12.5 Å². The minimum Gasteiger partial charge on any atom is -0.369 e. The Morgan fingerprint density at radius 2 is 2.33 bits per heavy atom. The van der Waals surface area contributed by atoms with Gasteiger partial charge in [-0.3, -0.25) is 0 Å². The zero-order valence-electron chi connectivity index (χ0n) is 9.20. The lowest BCUT2D eigenvalue weighted by molar-refractivity contribution is 0.804. The summed E-state index contributed by atoms with van der Waals surface area (Å²) < 4.78 is 0. The molecule has 1 aromatic carbocycles. The van der Waals surface area contributed by atoms with Crippen LogP contribution in [-0.4, -0.2) is 25.4 Å². The van der Waals surface area contributed by atoms with Crippen molar-refractivity contribution in [1.29, 1.82) is 0 Å². The maximum absolute atomic E-state index is 5.62. The predicted molar refractivity (Wildman–Crippen MR) is 67.8 cm³/mol. The molecule has 0 spiro atoms. The van der Waals surface area contributed by atoms with Gasteiger partial charge >= 0.3 is 0 Å². The fourth-order valence-electron chi connectivity index (χ4n) is 1.93. The Kier molecular flexibility index (Phi) is 3.54. The van der Waals surface area contributed by atoms with Gasteiger partial charge in [-0.25, -0.2) is 0 Å². The van der Waals surface area contributed by atoms with Crippen LogP contribution >= 0.6 is 11.8 Å². The zero-order chi connectivity index (χ0) is 10.7. The molecular formula is C12H18N2S. The fraction of sp³-hybridized carbons (Fsp3) is 0.500. The first-order chi connectivity index (χ1) is 7.35. The van der Waals surface area contributed by atoms with Gasteiger partial charge in [0.25, 0.3) is 0 Å². The number of benzene rings is 1. The van der Waals surface area contributed by atoms with Crippen LogP contribution in [0.25, 0.3) is 0 Å². The molecule has 0 atom stereocenters. The van der Waals surface area contributed by atoms with Crippen LogP contribution in [-0.2, 0) is 6.42 Å². The molecule has 82 valence electrons. The molecule has 1 aliphatic heterocycles. The van der Waals surface area contributed by atoms with Gasteiger partial charge in [0.15, 0.2) is 0 Å². The van der Waals surface area contributed by atoms with E-state index in [0.29, 0.717) is 0 Å². The van der Waals surface area contributed by atoms with E-state index in [1.54, 1.807) is 0 Å². The lowest BCUT2D eigenvalue weighted by Crippen LogP contribution is -2.33. The minimum absolute atomic E-state index is 0.736. The summed E-state index contributed by atoms with van der Waals surface area (Å²) in [6.45, 7) is 5.03. The lowest BCUT2D eigenvalue weighted by Gasteiger charge is -2.30. The molecule has 0 aliphatic carbocycles. The topological polar surface area (TPSA) is 29.3 Å². The molecule has 1 heterocycles. The first-order valence-electron chi connectivity index (χ1n) is 5.56. The highest BCUT2D eigenvalue weighted by molar-refractivity contribution is 7.99. The van der Waals surface area contributed by atoms with Gasteiger partial charge in [0, 0.05) is 30.3 Å². The van der Waals surface area contributed by atoms with Crippen molar-refractivity contribution < 1.29 is 0 Å². The van der Waals surface area contributed by atoms with E-state index in [2.05, 4.69) is 30.0 Å². The molecule has 0 bridgehead atoms. The Labute approximate surface area is 95.8 Å². The van der Waals surface area contributed by atoms with Gasteiger partial charge in [-0.2, -0.15) is 0 Å². The summed E-state index contributed by atoms with van der Waals surface area (Å²) in [5, 5.41) is 0. The first-order valence-corrected chi connectivity index (χ1v) is 6.54. The van der Waals surface area contributed by atoms with Crippen LogP contribution in [0.4, 0.5) is 5.69 Å². The Balaban J connectivity index is 2.28. The number of fused-ring (bicyclic) bond motifs is 1. The Morgan fingerprint density at radius 1 is 1.47 bits per heavy atom. The van der Waals surface area contributed by atoms with Crippen molar-refractivity contribution >= 4 is 17.4 Å². The number of nitrogens with zero attached hydrogens (tertiary/aromatic N) is 1. The monoisotopic (exact) mass is 222 g/mol. The van der Waals surface area contributed by atoms with Crippen LogP contribution in [0.2, 0.25) is 0 Å². The average molecular weight is 222 g/mol. The number of thioether (sulfide) groups is 1. The molecule has 0 radical (unpaired) electrons. The Hall–Kier alpha value is -0.670. The number of aryl methyl sites for hydroxylation is 1. The molecule has 0 aromatic heterocycles. The van der Waals surface area contributed by atoms with Gasteiger partial charge in [-0.1, -0.05) is 13.0 Å². The zero-order valence-corrected chi connectivity index (χ0v) is 10.0. The predicted octanol–water partition coefficient (Wildman–Crippen LogP) is 2.12. The highest BCUT2D eigenvalue weighted by atomic mass is 32.2. The van der Waals surface area contributed by atoms with E-state index in [9.17, 15) is 0 Å². The highest BCUT2D eigenvalue weighted by Crippen LogP contribution is 2.35. The Morgan fingerprint density at radius 3 is 3.07 bits per heavy atom. The van der Waals surface area contributed by atoms with E-state index in [1.165, 1.54) is 21.9 Å². The van der Waals surface area contributed by atoms with Crippen LogP contribution in [0, 0.1) is 0 Å². The van der Waals surface area contributed by atoms with Crippen molar-refractivity contribution in [3.8, 4) is 0 Å². The molecule has 0 fully saturated rings. The van der Waals surface area contributed by atoms with Gasteiger partial charge in [-0.05, 0) is 24.1 Å². The third-order valence-electron chi connectivity index (χ3n) is 2.79. The van der Waals surface area contributed by atoms with Crippen molar-refractivity contribution in [2.75, 3.05) is 30.3 Å². The first kappa shape index (κ1) is 10.8. The highest BCUT2D eigenvalue weighted by Gasteiger charge is 2.16. The summed E-state index contributed by atoms with van der Waals surface area (Å²) in [6, 6.07) is 6.80. The van der Waals surface area contributed by atoms with Gasteiger partial charge in [-0.15, -0.1) is 11.8 Å². The molecule has 1 aromatic rings. The molecule has 2 N–H and O–H groups in total. The molecule has 1 aliphatic rings. The van der Waals surface area contributed by atoms with Gasteiger partial charge in [0.1, 0.15) is 0 Å². The van der Waals surface area contributed by atoms with Gasteiger partial charge < -0.3 is 10.6 Å². The molecule has 15 heavy (non-hydrogen) atoms. The second-order valence-corrected chi connectivity index (χ2v) is 4.92. The number of nitrogens with two attached hydrogens (primary N) is 1. The lowest BCUT2D eigenvalue weighted by atomic mass is 10.1. The van der Waals surface area contributed by atoms with Gasteiger partial charge in [0.2, 0.25) is 0 Å². The number of hydrogen-bond acceptors (Lipinski definition) is 3. The molecular weight excluding hydrogens is 204 g/mol. The molecule has 0 amide bonds. The quantitative estimate of drug-likeness (QED) is 0.849. The van der Waals surface area contributed by atoms with Crippen molar-refractivity contribution in [2.24, 2.45) is 5.73 Å². The average Bonchev–Trinajstić information content (AvgIpc) is 2.29. The van der Waals surface area contributed by atoms with Crippen LogP contribution < -0.4 is 10.6 Å². The van der Waals surface area contributed by atoms with Gasteiger partial charge in [0.05, 0.1) is 5.69 Å². The normalized spacial score (nSPS) is 15.2. The number of rotatable bonds is 3. The SMILES string of the molecule is CCc1ccc2c(c1)SCCN2CCN. The van der Waals surface area contributed by atoms with Crippen LogP contribution in [0.3, 0.4) is 0 Å². The van der Waals surface area contributed by atoms with Crippen molar-refractivity contribution in [2.45, 2.75) is 18.2 Å². The maximum atomic E-state index is 5.62. The third kappa shape index (κ3) is 2.29. The standard InChI is InChI=1S/C12H18N2S/c1-2-10-3-4-11-12(9-10)15-8-7-14(11)6-5-13/h3-4,9H,2,5-8,13H2,1H3. The van der Waals surface area contributed by atoms with E-state index >= 15 is 0 Å². The van der Waals surface area contributed by atoms with E-state index in [0.717, 1.165) is 26.1 Å². The van der Waals surface area contributed by atoms with Crippen molar-refractivity contribution in [3.05, 3.63) is 23.8 Å². The second kappa shape index (κ2) is 4.90. The molecule has 0 saturated heterocycles. The number of anilines is 1. The van der Waals surface area contributed by atoms with Crippen molar-refractivity contribution in [1.82, 2.24) is 0 Å². The van der Waals surface area contributed by atoms with E-state index < -0.39 is 0 Å². The molecule has 3 heteroatoms. The van der Waals surface area contributed by atoms with Crippen molar-refractivity contribution in [3.63, 3.8) is 0 Å². The third-order valence-corrected chi connectivity index (χ3v) is 3.82. The summed E-state index contributed by atoms with van der Waals surface area (Å²) in [7, 11) is 0. The van der Waals surface area contributed by atoms with E-state index in [-0.39, 0.29) is 0 Å². The van der Waals surface area contributed by atoms with Crippen LogP contribution in [0.5, 0.6) is 0 Å². The second-order valence-electron chi connectivity index (χ2n) is 3.78. The summed E-state index contributed by atoms with van der Waals surface area (Å²) >= 11 is 1.97. The largest absolute Gasteiger partial charge is 0.369 e. The molecule has 2 nitrogen and oxygen atoms in total. The van der Waals surface area contributed by atoms with E-state index in [4.69, 9.17) is 5.73 Å². The fourth-order valence-corrected chi connectivity index (χ4v) is 3.04. The number of hydrogen-bond donors (Lipinski definition) is 1. The summed E-state index contributed by atoms with van der Waals surface area (Å²) in [6.07, 6.45) is 1.12. The summed E-state index contributed by atoms with van der Waals surface area (Å²) in [5.74, 6) is 1.18. The minimum atomic E-state index is 0.736. The molecule has 0 saturated carbocycles. The van der Waals surface area contributed by atoms with Crippen LogP contribution in [0.15, 0.2) is 23.1 Å². The summed E-state index contributed by atoms with van der Waals surface area (Å²) in [4.78, 5) is 3.82. The Bertz CT molecular complexity index is 338. The summed E-state index contributed by atoms with van der Waals surface area (Å²) in [5.41, 5.74) is 8.42.